The summed E-state index contributed by atoms with van der Waals surface area (Å²) in [7, 11) is 0.829. The molecule has 0 saturated heterocycles. The lowest BCUT2D eigenvalue weighted by Crippen LogP contribution is -2.35. The number of ether oxygens (including phenoxy) is 1. The van der Waals surface area contributed by atoms with Gasteiger partial charge in [-0.3, -0.25) is 4.79 Å². The zero-order valence-electron chi connectivity index (χ0n) is 11.7. The minimum absolute atomic E-state index is 0.0649. The van der Waals surface area contributed by atoms with Gasteiger partial charge in [-0.15, -0.1) is 0 Å². The number of sulfonamides is 1. The number of benzene rings is 1. The lowest BCUT2D eigenvalue weighted by atomic mass is 10.3. The zero-order chi connectivity index (χ0) is 15.3. The lowest BCUT2D eigenvalue weighted by Gasteiger charge is -2.14. The number of hydrogen-bond donors (Lipinski definition) is 2. The summed E-state index contributed by atoms with van der Waals surface area (Å²) in [4.78, 5) is 11.9. The van der Waals surface area contributed by atoms with Crippen LogP contribution in [0, 0.1) is 0 Å². The summed E-state index contributed by atoms with van der Waals surface area (Å²) in [5, 5.41) is 2.60. The van der Waals surface area contributed by atoms with Crippen molar-refractivity contribution in [2.24, 2.45) is 5.73 Å². The molecule has 1 amide bonds. The molecule has 112 valence electrons. The summed E-state index contributed by atoms with van der Waals surface area (Å²) >= 11 is 0. The average molecular weight is 301 g/mol. The van der Waals surface area contributed by atoms with Gasteiger partial charge in [-0.2, -0.15) is 0 Å². The van der Waals surface area contributed by atoms with Crippen LogP contribution in [0.5, 0.6) is 0 Å². The van der Waals surface area contributed by atoms with Crippen molar-refractivity contribution in [3.8, 4) is 0 Å². The SMILES string of the molecule is COC(CN)C(=O)Nc1ccc(S(=O)(=O)N(C)C)cc1. The van der Waals surface area contributed by atoms with Crippen LogP contribution in [-0.2, 0) is 19.6 Å². The van der Waals surface area contributed by atoms with Crippen LogP contribution in [0.15, 0.2) is 29.2 Å². The molecular weight excluding hydrogens is 282 g/mol. The predicted octanol–water partition coefficient (Wildman–Crippen LogP) is -0.151. The summed E-state index contributed by atoms with van der Waals surface area (Å²) < 4.78 is 29.8. The first-order valence-corrected chi connectivity index (χ1v) is 7.33. The Hall–Kier alpha value is -1.48. The number of nitrogens with zero attached hydrogens (tertiary/aromatic N) is 1. The van der Waals surface area contributed by atoms with Gasteiger partial charge in [0, 0.05) is 33.4 Å². The number of carbonyl (C=O) groups is 1. The smallest absolute Gasteiger partial charge is 0.254 e. The molecule has 0 saturated carbocycles. The van der Waals surface area contributed by atoms with Crippen LogP contribution >= 0.6 is 0 Å². The van der Waals surface area contributed by atoms with E-state index in [2.05, 4.69) is 5.32 Å². The minimum Gasteiger partial charge on any atom is -0.370 e. The Morgan fingerprint density at radius 2 is 1.90 bits per heavy atom. The first-order chi connectivity index (χ1) is 9.32. The van der Waals surface area contributed by atoms with E-state index in [1.54, 1.807) is 0 Å². The Balaban J connectivity index is 2.85. The third-order valence-electron chi connectivity index (χ3n) is 2.69. The number of amides is 1. The molecule has 0 aromatic heterocycles. The van der Waals surface area contributed by atoms with Gasteiger partial charge < -0.3 is 15.8 Å². The zero-order valence-corrected chi connectivity index (χ0v) is 12.5. The molecule has 0 spiro atoms. The summed E-state index contributed by atoms with van der Waals surface area (Å²) in [6.07, 6.45) is -0.736. The van der Waals surface area contributed by atoms with Crippen molar-refractivity contribution in [3.05, 3.63) is 24.3 Å². The van der Waals surface area contributed by atoms with Gasteiger partial charge >= 0.3 is 0 Å². The second-order valence-corrected chi connectivity index (χ2v) is 6.41. The van der Waals surface area contributed by atoms with Gasteiger partial charge in [0.25, 0.3) is 5.91 Å². The summed E-state index contributed by atoms with van der Waals surface area (Å²) in [5.74, 6) is -0.377. The van der Waals surface area contributed by atoms with E-state index in [1.807, 2.05) is 0 Å². The molecule has 1 atom stereocenters. The fourth-order valence-corrected chi connectivity index (χ4v) is 2.36. The van der Waals surface area contributed by atoms with Crippen molar-refractivity contribution in [1.82, 2.24) is 4.31 Å². The number of rotatable bonds is 6. The van der Waals surface area contributed by atoms with E-state index in [0.717, 1.165) is 4.31 Å². The van der Waals surface area contributed by atoms with Gasteiger partial charge in [-0.05, 0) is 24.3 Å². The maximum Gasteiger partial charge on any atom is 0.254 e. The van der Waals surface area contributed by atoms with Gasteiger partial charge in [0.15, 0.2) is 0 Å². The molecule has 1 aromatic carbocycles. The molecule has 0 bridgehead atoms. The Bertz CT molecular complexity index is 551. The number of nitrogens with two attached hydrogens (primary N) is 1. The number of methoxy groups -OCH3 is 1. The molecule has 0 radical (unpaired) electrons. The van der Waals surface area contributed by atoms with Crippen molar-refractivity contribution in [2.75, 3.05) is 33.1 Å². The fourth-order valence-electron chi connectivity index (χ4n) is 1.45. The van der Waals surface area contributed by atoms with Crippen LogP contribution in [0.1, 0.15) is 0 Å². The highest BCUT2D eigenvalue weighted by molar-refractivity contribution is 7.89. The molecule has 8 heteroatoms. The van der Waals surface area contributed by atoms with Crippen molar-refractivity contribution < 1.29 is 17.9 Å². The maximum atomic E-state index is 11.9. The second kappa shape index (κ2) is 6.80. The molecule has 20 heavy (non-hydrogen) atoms. The van der Waals surface area contributed by atoms with E-state index >= 15 is 0 Å². The largest absolute Gasteiger partial charge is 0.370 e. The topological polar surface area (TPSA) is 102 Å². The van der Waals surface area contributed by atoms with Crippen LogP contribution < -0.4 is 11.1 Å². The highest BCUT2D eigenvalue weighted by atomic mass is 32.2. The first-order valence-electron chi connectivity index (χ1n) is 5.89. The van der Waals surface area contributed by atoms with Crippen LogP contribution in [0.4, 0.5) is 5.69 Å². The van der Waals surface area contributed by atoms with Gasteiger partial charge in [-0.25, -0.2) is 12.7 Å². The molecule has 0 aliphatic carbocycles. The highest BCUT2D eigenvalue weighted by Crippen LogP contribution is 2.16. The predicted molar refractivity (Wildman–Crippen MR) is 75.8 cm³/mol. The Morgan fingerprint density at radius 1 is 1.35 bits per heavy atom. The van der Waals surface area contributed by atoms with Gasteiger partial charge in [-0.1, -0.05) is 0 Å². The molecule has 1 aromatic rings. The second-order valence-electron chi connectivity index (χ2n) is 4.26. The van der Waals surface area contributed by atoms with Gasteiger partial charge in [0.1, 0.15) is 6.10 Å². The number of hydrogen-bond acceptors (Lipinski definition) is 5. The Labute approximate surface area is 118 Å². The first kappa shape index (κ1) is 16.6. The molecule has 0 aliphatic rings. The average Bonchev–Trinajstić information content (AvgIpc) is 2.40. The van der Waals surface area contributed by atoms with E-state index in [4.69, 9.17) is 10.5 Å². The summed E-state index contributed by atoms with van der Waals surface area (Å²) in [6, 6.07) is 5.87. The number of nitrogens with one attached hydrogen (secondary N) is 1. The van der Waals surface area contributed by atoms with E-state index < -0.39 is 16.1 Å². The minimum atomic E-state index is -3.47. The standard InChI is InChI=1S/C12H19N3O4S/c1-15(2)20(17,18)10-6-4-9(5-7-10)14-12(16)11(8-13)19-3/h4-7,11H,8,13H2,1-3H3,(H,14,16). The lowest BCUT2D eigenvalue weighted by molar-refractivity contribution is -0.125. The van der Waals surface area contributed by atoms with Crippen molar-refractivity contribution in [2.45, 2.75) is 11.0 Å². The third kappa shape index (κ3) is 3.76. The monoisotopic (exact) mass is 301 g/mol. The maximum absolute atomic E-state index is 11.9. The highest BCUT2D eigenvalue weighted by Gasteiger charge is 2.18. The van der Waals surface area contributed by atoms with Crippen molar-refractivity contribution in [3.63, 3.8) is 0 Å². The molecule has 1 rings (SSSR count). The molecule has 0 aliphatic heterocycles. The van der Waals surface area contributed by atoms with E-state index in [9.17, 15) is 13.2 Å². The van der Waals surface area contributed by atoms with Gasteiger partial charge in [0.05, 0.1) is 4.90 Å². The molecule has 3 N–H and O–H groups in total. The van der Waals surface area contributed by atoms with Gasteiger partial charge in [0.2, 0.25) is 10.0 Å². The quantitative estimate of drug-likeness (QED) is 0.761. The Morgan fingerprint density at radius 3 is 2.30 bits per heavy atom. The van der Waals surface area contributed by atoms with Crippen LogP contribution in [0.2, 0.25) is 0 Å². The van der Waals surface area contributed by atoms with Crippen molar-refractivity contribution in [1.29, 1.82) is 0 Å². The Kier molecular flexibility index (Phi) is 5.63. The molecule has 0 heterocycles. The van der Waals surface area contributed by atoms with Crippen LogP contribution in [-0.4, -0.2) is 52.5 Å². The third-order valence-corrected chi connectivity index (χ3v) is 4.52. The number of anilines is 1. The molecule has 7 nitrogen and oxygen atoms in total. The molecule has 1 unspecified atom stereocenters. The van der Waals surface area contributed by atoms with Crippen molar-refractivity contribution >= 4 is 21.6 Å². The van der Waals surface area contributed by atoms with E-state index in [0.29, 0.717) is 5.69 Å². The van der Waals surface area contributed by atoms with E-state index in [-0.39, 0.29) is 17.3 Å². The summed E-state index contributed by atoms with van der Waals surface area (Å²) in [6.45, 7) is 0.0649. The van der Waals surface area contributed by atoms with Crippen LogP contribution in [0.25, 0.3) is 0 Å². The summed E-state index contributed by atoms with van der Waals surface area (Å²) in [5.41, 5.74) is 5.86. The normalized spacial score (nSPS) is 13.2. The van der Waals surface area contributed by atoms with E-state index in [1.165, 1.54) is 45.5 Å². The van der Waals surface area contributed by atoms with Crippen LogP contribution in [0.3, 0.4) is 0 Å². The fraction of sp³-hybridized carbons (Fsp3) is 0.417. The molecular formula is C12H19N3O4S. The molecule has 0 fully saturated rings. The number of carbonyl (C=O) groups excluding carboxylic acids is 1.